The third-order valence-corrected chi connectivity index (χ3v) is 7.98. The molecule has 3 aliphatic rings. The Morgan fingerprint density at radius 3 is 2.35 bits per heavy atom. The molecule has 196 valence electrons. The first kappa shape index (κ1) is 25.2. The fourth-order valence-electron chi connectivity index (χ4n) is 5.80. The van der Waals surface area contributed by atoms with Crippen molar-refractivity contribution in [3.63, 3.8) is 0 Å². The van der Waals surface area contributed by atoms with E-state index in [9.17, 15) is 18.8 Å². The maximum Gasteiger partial charge on any atom is 0.290 e. The zero-order valence-corrected chi connectivity index (χ0v) is 21.3. The second kappa shape index (κ2) is 10.9. The van der Waals surface area contributed by atoms with Gasteiger partial charge in [0.25, 0.3) is 11.8 Å². The van der Waals surface area contributed by atoms with Crippen LogP contribution in [-0.4, -0.2) is 67.2 Å². The van der Waals surface area contributed by atoms with E-state index in [-0.39, 0.29) is 11.7 Å². The van der Waals surface area contributed by atoms with Crippen LogP contribution in [0.2, 0.25) is 0 Å². The Kier molecular flexibility index (Phi) is 7.44. The topological polar surface area (TPSA) is 79.0 Å². The van der Waals surface area contributed by atoms with Crippen molar-refractivity contribution in [2.45, 2.75) is 44.4 Å². The number of piperidine rings is 2. The summed E-state index contributed by atoms with van der Waals surface area (Å²) < 4.78 is 18.8. The molecule has 1 unspecified atom stereocenters. The lowest BCUT2D eigenvalue weighted by molar-refractivity contribution is -0.145. The quantitative estimate of drug-likeness (QED) is 0.598. The molecule has 2 saturated heterocycles. The van der Waals surface area contributed by atoms with Gasteiger partial charge in [0.1, 0.15) is 11.6 Å². The van der Waals surface area contributed by atoms with Crippen LogP contribution in [-0.2, 0) is 16.0 Å². The first-order valence-electron chi connectivity index (χ1n) is 13.3. The molecule has 8 heteroatoms. The first-order chi connectivity index (χ1) is 17.9. The molecule has 1 atom stereocenters. The van der Waals surface area contributed by atoms with Gasteiger partial charge in [0, 0.05) is 44.5 Å². The minimum atomic E-state index is -0.608. The number of Topliss-reactive ketones (excluding diaryl/α,β-unsaturated/α-hetero) is 1. The predicted molar refractivity (Wildman–Crippen MR) is 138 cm³/mol. The summed E-state index contributed by atoms with van der Waals surface area (Å²) in [5, 5.41) is 3.22. The number of halogens is 1. The van der Waals surface area contributed by atoms with E-state index in [4.69, 9.17) is 4.74 Å². The Hall–Kier alpha value is -3.42. The van der Waals surface area contributed by atoms with E-state index >= 15 is 0 Å². The summed E-state index contributed by atoms with van der Waals surface area (Å²) in [6.45, 7) is 2.84. The van der Waals surface area contributed by atoms with Gasteiger partial charge in [-0.25, -0.2) is 4.39 Å². The highest BCUT2D eigenvalue weighted by Gasteiger charge is 2.37. The Morgan fingerprint density at radius 1 is 0.973 bits per heavy atom. The minimum absolute atomic E-state index is 0.125. The summed E-state index contributed by atoms with van der Waals surface area (Å²) in [7, 11) is 1.53. The zero-order valence-electron chi connectivity index (χ0n) is 21.3. The van der Waals surface area contributed by atoms with E-state index in [1.165, 1.54) is 19.2 Å². The SMILES string of the molecule is COc1cc2c(cc1C(=O)N1CCC(Cc3ccc(F)cc3)CC1)C(C(=O)C(=O)N1CCCCC1)CN2. The highest BCUT2D eigenvalue weighted by molar-refractivity contribution is 6.38. The third kappa shape index (κ3) is 5.33. The second-order valence-corrected chi connectivity index (χ2v) is 10.4. The maximum atomic E-state index is 13.6. The number of carbonyl (C=O) groups is 3. The van der Waals surface area contributed by atoms with Crippen molar-refractivity contribution in [2.75, 3.05) is 45.2 Å². The van der Waals surface area contributed by atoms with E-state index in [2.05, 4.69) is 5.32 Å². The van der Waals surface area contributed by atoms with Crippen molar-refractivity contribution in [3.8, 4) is 5.75 Å². The molecule has 37 heavy (non-hydrogen) atoms. The number of fused-ring (bicyclic) bond motifs is 1. The Morgan fingerprint density at radius 2 is 1.68 bits per heavy atom. The van der Waals surface area contributed by atoms with E-state index in [0.717, 1.165) is 49.8 Å². The number of hydrogen-bond acceptors (Lipinski definition) is 5. The van der Waals surface area contributed by atoms with Gasteiger partial charge in [0.05, 0.1) is 18.6 Å². The van der Waals surface area contributed by atoms with Crippen LogP contribution in [0, 0.1) is 11.7 Å². The van der Waals surface area contributed by atoms with Gasteiger partial charge in [0.2, 0.25) is 5.78 Å². The first-order valence-corrected chi connectivity index (χ1v) is 13.3. The number of nitrogens with zero attached hydrogens (tertiary/aromatic N) is 2. The van der Waals surface area contributed by atoms with Gasteiger partial charge >= 0.3 is 0 Å². The predicted octanol–water partition coefficient (Wildman–Crippen LogP) is 4.02. The molecule has 0 radical (unpaired) electrons. The molecular formula is C29H34FN3O4. The molecule has 2 fully saturated rings. The number of ketones is 1. The fourth-order valence-corrected chi connectivity index (χ4v) is 5.80. The smallest absolute Gasteiger partial charge is 0.290 e. The van der Waals surface area contributed by atoms with Gasteiger partial charge in [-0.15, -0.1) is 0 Å². The molecule has 3 heterocycles. The van der Waals surface area contributed by atoms with Crippen LogP contribution in [0.3, 0.4) is 0 Å². The van der Waals surface area contributed by atoms with Gasteiger partial charge in [-0.05, 0) is 73.8 Å². The standard InChI is InChI=1S/C29H34FN3O4/c1-37-26-17-25-22(24(18-31-25)27(34)29(36)32-11-3-2-4-12-32)16-23(26)28(35)33-13-9-20(10-14-33)15-19-5-7-21(30)8-6-19/h5-8,16-17,20,24,31H,2-4,9-15,18H2,1H3. The maximum absolute atomic E-state index is 13.6. The number of carbonyl (C=O) groups excluding carboxylic acids is 3. The van der Waals surface area contributed by atoms with E-state index < -0.39 is 17.6 Å². The average Bonchev–Trinajstić information content (AvgIpc) is 3.36. The molecule has 0 aromatic heterocycles. The number of nitrogens with one attached hydrogen (secondary N) is 1. The molecule has 0 spiro atoms. The molecule has 0 bridgehead atoms. The van der Waals surface area contributed by atoms with E-state index in [1.54, 1.807) is 17.0 Å². The van der Waals surface area contributed by atoms with Crippen molar-refractivity contribution >= 4 is 23.3 Å². The van der Waals surface area contributed by atoms with Crippen LogP contribution in [0.1, 0.15) is 59.5 Å². The lowest BCUT2D eigenvalue weighted by atomic mass is 9.89. The number of rotatable bonds is 6. The van der Waals surface area contributed by atoms with Gasteiger partial charge in [0.15, 0.2) is 0 Å². The van der Waals surface area contributed by atoms with Crippen molar-refractivity contribution in [1.82, 2.24) is 9.80 Å². The molecule has 2 amide bonds. The summed E-state index contributed by atoms with van der Waals surface area (Å²) in [6.07, 6.45) is 5.53. The fraction of sp³-hybridized carbons (Fsp3) is 0.483. The van der Waals surface area contributed by atoms with Crippen molar-refractivity contribution in [2.24, 2.45) is 5.92 Å². The third-order valence-electron chi connectivity index (χ3n) is 7.98. The molecule has 7 nitrogen and oxygen atoms in total. The summed E-state index contributed by atoms with van der Waals surface area (Å²) in [4.78, 5) is 43.1. The molecule has 5 rings (SSSR count). The van der Waals surface area contributed by atoms with Crippen molar-refractivity contribution < 1.29 is 23.5 Å². The van der Waals surface area contributed by atoms with Gasteiger partial charge in [-0.2, -0.15) is 0 Å². The summed E-state index contributed by atoms with van der Waals surface area (Å²) >= 11 is 0. The molecular weight excluding hydrogens is 473 g/mol. The van der Waals surface area contributed by atoms with Gasteiger partial charge in [-0.3, -0.25) is 14.4 Å². The number of methoxy groups -OCH3 is 1. The van der Waals surface area contributed by atoms with Crippen LogP contribution in [0.5, 0.6) is 5.75 Å². The van der Waals surface area contributed by atoms with Crippen LogP contribution in [0.15, 0.2) is 36.4 Å². The summed E-state index contributed by atoms with van der Waals surface area (Å²) in [6, 6.07) is 10.1. The number of hydrogen-bond donors (Lipinski definition) is 1. The molecule has 3 aliphatic heterocycles. The summed E-state index contributed by atoms with van der Waals surface area (Å²) in [5.41, 5.74) is 2.95. The van der Waals surface area contributed by atoms with E-state index in [1.807, 2.05) is 17.0 Å². The number of ether oxygens (including phenoxy) is 1. The normalized spacial score (nSPS) is 19.8. The van der Waals surface area contributed by atoms with Crippen LogP contribution in [0.4, 0.5) is 10.1 Å². The zero-order chi connectivity index (χ0) is 25.9. The van der Waals surface area contributed by atoms with Gasteiger partial charge in [-0.1, -0.05) is 12.1 Å². The molecule has 0 saturated carbocycles. The number of benzene rings is 2. The highest BCUT2D eigenvalue weighted by Crippen LogP contribution is 2.38. The molecule has 2 aromatic rings. The highest BCUT2D eigenvalue weighted by atomic mass is 19.1. The van der Waals surface area contributed by atoms with Crippen LogP contribution < -0.4 is 10.1 Å². The number of anilines is 1. The molecule has 0 aliphatic carbocycles. The second-order valence-electron chi connectivity index (χ2n) is 10.4. The Bertz CT molecular complexity index is 1170. The Balaban J connectivity index is 1.28. The van der Waals surface area contributed by atoms with Crippen molar-refractivity contribution in [1.29, 1.82) is 0 Å². The van der Waals surface area contributed by atoms with Crippen molar-refractivity contribution in [3.05, 3.63) is 58.9 Å². The molecule has 1 N–H and O–H groups in total. The minimum Gasteiger partial charge on any atom is -0.496 e. The Labute approximate surface area is 217 Å². The number of likely N-dealkylation sites (tertiary alicyclic amines) is 2. The lowest BCUT2D eigenvalue weighted by Gasteiger charge is -2.32. The van der Waals surface area contributed by atoms with E-state index in [0.29, 0.717) is 55.5 Å². The van der Waals surface area contributed by atoms with Crippen LogP contribution in [0.25, 0.3) is 0 Å². The average molecular weight is 508 g/mol. The van der Waals surface area contributed by atoms with Crippen LogP contribution >= 0.6 is 0 Å². The largest absolute Gasteiger partial charge is 0.496 e. The lowest BCUT2D eigenvalue weighted by Crippen LogP contribution is -2.42. The number of amides is 2. The summed E-state index contributed by atoms with van der Waals surface area (Å²) in [5.74, 6) is -0.917. The monoisotopic (exact) mass is 507 g/mol. The molecule has 2 aromatic carbocycles. The van der Waals surface area contributed by atoms with Gasteiger partial charge < -0.3 is 19.9 Å².